The first-order chi connectivity index (χ1) is 14.5. The van der Waals surface area contributed by atoms with Crippen molar-refractivity contribution < 1.29 is 14.3 Å². The van der Waals surface area contributed by atoms with E-state index in [9.17, 15) is 4.79 Å². The minimum Gasteiger partial charge on any atom is -0.444 e. The fourth-order valence-corrected chi connectivity index (χ4v) is 4.23. The van der Waals surface area contributed by atoms with Gasteiger partial charge in [0, 0.05) is 0 Å². The first kappa shape index (κ1) is 23.1. The first-order valence-electron chi connectivity index (χ1n) is 11.0. The number of nitrogens with zero attached hydrogens (tertiary/aromatic N) is 1. The first-order valence-corrected chi connectivity index (χ1v) is 11.0. The molecule has 0 unspecified atom stereocenters. The van der Waals surface area contributed by atoms with Crippen LogP contribution in [0.15, 0.2) is 72.8 Å². The number of carbonyl (C=O) groups excluding carboxylic acids is 1. The Morgan fingerprint density at radius 2 is 1.58 bits per heavy atom. The molecule has 0 aromatic heterocycles. The molecule has 0 spiro atoms. The van der Waals surface area contributed by atoms with Gasteiger partial charge in [-0.25, -0.2) is 4.79 Å². The van der Waals surface area contributed by atoms with Crippen LogP contribution in [0.5, 0.6) is 0 Å². The van der Waals surface area contributed by atoms with Gasteiger partial charge in [-0.1, -0.05) is 72.8 Å². The summed E-state index contributed by atoms with van der Waals surface area (Å²) in [7, 11) is 0. The van der Waals surface area contributed by atoms with E-state index in [1.54, 1.807) is 4.90 Å². The summed E-state index contributed by atoms with van der Waals surface area (Å²) in [6.45, 7) is 13.9. The van der Waals surface area contributed by atoms with Crippen LogP contribution in [0.1, 0.15) is 52.2 Å². The number of hydrogen-bond donors (Lipinski definition) is 0. The van der Waals surface area contributed by atoms with Crippen LogP contribution in [0.3, 0.4) is 0 Å². The topological polar surface area (TPSA) is 38.8 Å². The molecule has 1 fully saturated rings. The Morgan fingerprint density at radius 1 is 1.03 bits per heavy atom. The largest absolute Gasteiger partial charge is 0.444 e. The number of rotatable bonds is 6. The molecule has 4 nitrogen and oxygen atoms in total. The van der Waals surface area contributed by atoms with Crippen molar-refractivity contribution in [2.45, 2.75) is 77.4 Å². The zero-order chi connectivity index (χ0) is 22.6. The molecule has 2 aromatic rings. The van der Waals surface area contributed by atoms with E-state index in [1.165, 1.54) is 11.1 Å². The Labute approximate surface area is 186 Å². The van der Waals surface area contributed by atoms with Crippen molar-refractivity contribution >= 4 is 6.09 Å². The average Bonchev–Trinajstić information content (AvgIpc) is 2.91. The van der Waals surface area contributed by atoms with Gasteiger partial charge >= 0.3 is 6.09 Å². The van der Waals surface area contributed by atoms with Crippen LogP contribution in [-0.2, 0) is 22.3 Å². The zero-order valence-corrected chi connectivity index (χ0v) is 19.4. The number of amides is 1. The van der Waals surface area contributed by atoms with Crippen LogP contribution in [0, 0.1) is 0 Å². The highest BCUT2D eigenvalue weighted by Gasteiger charge is 2.51. The van der Waals surface area contributed by atoms with Gasteiger partial charge in [-0.3, -0.25) is 4.90 Å². The Kier molecular flexibility index (Phi) is 6.90. The molecule has 166 valence electrons. The quantitative estimate of drug-likeness (QED) is 0.525. The maximum absolute atomic E-state index is 13.2. The van der Waals surface area contributed by atoms with Crippen LogP contribution < -0.4 is 0 Å². The molecule has 1 aliphatic heterocycles. The second kappa shape index (κ2) is 9.27. The van der Waals surface area contributed by atoms with E-state index in [0.717, 1.165) is 12.0 Å². The van der Waals surface area contributed by atoms with Gasteiger partial charge in [-0.05, 0) is 65.0 Å². The normalized spacial score (nSPS) is 20.5. The summed E-state index contributed by atoms with van der Waals surface area (Å²) in [6, 6.07) is 20.4. The Morgan fingerprint density at radius 3 is 2.13 bits per heavy atom. The molecule has 1 aliphatic rings. The van der Waals surface area contributed by atoms with Crippen LogP contribution in [0.2, 0.25) is 0 Å². The van der Waals surface area contributed by atoms with E-state index in [4.69, 9.17) is 9.47 Å². The van der Waals surface area contributed by atoms with Gasteiger partial charge in [0.15, 0.2) is 0 Å². The molecular weight excluding hydrogens is 386 g/mol. The fourth-order valence-electron chi connectivity index (χ4n) is 4.23. The molecule has 31 heavy (non-hydrogen) atoms. The molecule has 0 N–H and O–H groups in total. The van der Waals surface area contributed by atoms with E-state index < -0.39 is 11.3 Å². The van der Waals surface area contributed by atoms with E-state index in [0.29, 0.717) is 12.8 Å². The van der Waals surface area contributed by atoms with Crippen molar-refractivity contribution in [2.24, 2.45) is 0 Å². The van der Waals surface area contributed by atoms with Gasteiger partial charge < -0.3 is 9.47 Å². The molecule has 0 aliphatic carbocycles. The molecule has 3 rings (SSSR count). The minimum absolute atomic E-state index is 0.139. The number of benzene rings is 2. The molecule has 2 atom stereocenters. The summed E-state index contributed by atoms with van der Waals surface area (Å²) in [6.07, 6.45) is 1.70. The molecular formula is C27H35NO3. The number of ether oxygens (including phenoxy) is 2. The van der Waals surface area contributed by atoms with Gasteiger partial charge in [0.25, 0.3) is 0 Å². The summed E-state index contributed by atoms with van der Waals surface area (Å²) >= 11 is 0. The van der Waals surface area contributed by atoms with Gasteiger partial charge in [-0.2, -0.15) is 0 Å². The summed E-state index contributed by atoms with van der Waals surface area (Å²) in [5.74, 6) is 0. The lowest BCUT2D eigenvalue weighted by Crippen LogP contribution is -2.51. The average molecular weight is 422 g/mol. The van der Waals surface area contributed by atoms with Gasteiger partial charge in [0.05, 0.1) is 12.1 Å². The second-order valence-electron chi connectivity index (χ2n) is 9.83. The Bertz CT molecular complexity index is 884. The van der Waals surface area contributed by atoms with Crippen molar-refractivity contribution in [2.75, 3.05) is 0 Å². The molecule has 1 amide bonds. The second-order valence-corrected chi connectivity index (χ2v) is 9.83. The van der Waals surface area contributed by atoms with E-state index >= 15 is 0 Å². The van der Waals surface area contributed by atoms with Crippen molar-refractivity contribution in [3.63, 3.8) is 0 Å². The van der Waals surface area contributed by atoms with E-state index in [-0.39, 0.29) is 18.2 Å². The van der Waals surface area contributed by atoms with Crippen molar-refractivity contribution in [1.29, 1.82) is 0 Å². The van der Waals surface area contributed by atoms with Crippen LogP contribution in [0.4, 0.5) is 4.79 Å². The summed E-state index contributed by atoms with van der Waals surface area (Å²) in [5.41, 5.74) is 2.16. The third-order valence-corrected chi connectivity index (χ3v) is 5.45. The van der Waals surface area contributed by atoms with Gasteiger partial charge in [0.2, 0.25) is 0 Å². The minimum atomic E-state index is -0.764. The molecule has 4 heteroatoms. The van der Waals surface area contributed by atoms with Crippen molar-refractivity contribution in [3.05, 3.63) is 83.9 Å². The monoisotopic (exact) mass is 421 g/mol. The zero-order valence-electron chi connectivity index (χ0n) is 19.4. The lowest BCUT2D eigenvalue weighted by Gasteiger charge is -2.35. The van der Waals surface area contributed by atoms with Crippen molar-refractivity contribution in [3.8, 4) is 0 Å². The maximum Gasteiger partial charge on any atom is 0.412 e. The van der Waals surface area contributed by atoms with Crippen molar-refractivity contribution in [1.82, 2.24) is 4.90 Å². The molecule has 1 saturated heterocycles. The SMILES string of the molecule is C=C(Cc1ccccc1)C[C@@H]1OC(C)(C)N(C(=O)OC(C)(C)C)[C@H]1Cc1ccccc1. The smallest absolute Gasteiger partial charge is 0.412 e. The Hall–Kier alpha value is -2.59. The third kappa shape index (κ3) is 6.20. The lowest BCUT2D eigenvalue weighted by molar-refractivity contribution is -0.0784. The van der Waals surface area contributed by atoms with Crippen LogP contribution >= 0.6 is 0 Å². The summed E-state index contributed by atoms with van der Waals surface area (Å²) in [5, 5.41) is 0. The maximum atomic E-state index is 13.2. The van der Waals surface area contributed by atoms with E-state index in [1.807, 2.05) is 71.0 Å². The predicted molar refractivity (Wildman–Crippen MR) is 125 cm³/mol. The number of hydrogen-bond acceptors (Lipinski definition) is 3. The van der Waals surface area contributed by atoms with Gasteiger partial charge in [0.1, 0.15) is 11.3 Å². The number of carbonyl (C=O) groups is 1. The molecule has 0 bridgehead atoms. The Balaban J connectivity index is 1.83. The predicted octanol–water partition coefficient (Wildman–Crippen LogP) is 6.16. The molecule has 2 aromatic carbocycles. The third-order valence-electron chi connectivity index (χ3n) is 5.45. The highest BCUT2D eigenvalue weighted by Crippen LogP contribution is 2.38. The van der Waals surface area contributed by atoms with Crippen LogP contribution in [0.25, 0.3) is 0 Å². The highest BCUT2D eigenvalue weighted by atomic mass is 16.6. The molecule has 0 saturated carbocycles. The van der Waals surface area contributed by atoms with E-state index in [2.05, 4.69) is 30.8 Å². The summed E-state index contributed by atoms with van der Waals surface area (Å²) in [4.78, 5) is 15.0. The fraction of sp³-hybridized carbons (Fsp3) is 0.444. The van der Waals surface area contributed by atoms with Gasteiger partial charge in [-0.15, -0.1) is 0 Å². The highest BCUT2D eigenvalue weighted by molar-refractivity contribution is 5.70. The van der Waals surface area contributed by atoms with Crippen LogP contribution in [-0.4, -0.2) is 34.5 Å². The summed E-state index contributed by atoms with van der Waals surface area (Å²) < 4.78 is 12.2. The lowest BCUT2D eigenvalue weighted by atomic mass is 9.94. The molecule has 0 radical (unpaired) electrons. The molecule has 1 heterocycles. The standard InChI is InChI=1S/C27H35NO3/c1-20(17-21-13-9-7-10-14-21)18-24-23(19-22-15-11-8-12-16-22)28(27(5,6)30-24)25(29)31-26(2,3)4/h7-16,23-24H,1,17-19H2,2-6H3/t23-,24-/m0/s1.